The molecular formula is C18H23NO4. The first-order valence-electron chi connectivity index (χ1n) is 7.65. The molecular weight excluding hydrogens is 294 g/mol. The van der Waals surface area contributed by atoms with E-state index < -0.39 is 0 Å². The molecule has 2 aromatic rings. The largest absolute Gasteiger partial charge is 0.497 e. The topological polar surface area (TPSA) is 62.9 Å². The van der Waals surface area contributed by atoms with Crippen LogP contribution in [0.1, 0.15) is 13.3 Å². The van der Waals surface area contributed by atoms with Gasteiger partial charge < -0.3 is 24.7 Å². The van der Waals surface area contributed by atoms with Crippen LogP contribution in [0.3, 0.4) is 0 Å². The fourth-order valence-corrected chi connectivity index (χ4v) is 2.05. The first-order chi connectivity index (χ1) is 11.2. The van der Waals surface area contributed by atoms with Gasteiger partial charge in [-0.2, -0.15) is 0 Å². The fraction of sp³-hybridized carbons (Fsp3) is 0.333. The van der Waals surface area contributed by atoms with Gasteiger partial charge in [0.05, 0.1) is 32.6 Å². The second-order valence-corrected chi connectivity index (χ2v) is 4.83. The Morgan fingerprint density at radius 2 is 1.52 bits per heavy atom. The highest BCUT2D eigenvalue weighted by Crippen LogP contribution is 2.27. The van der Waals surface area contributed by atoms with Crippen LogP contribution < -0.4 is 24.7 Å². The van der Waals surface area contributed by atoms with Gasteiger partial charge in [-0.15, -0.1) is 0 Å². The molecule has 0 unspecified atom stereocenters. The van der Waals surface area contributed by atoms with E-state index in [0.717, 1.165) is 17.9 Å². The Hall–Kier alpha value is -2.56. The van der Waals surface area contributed by atoms with Crippen molar-refractivity contribution in [2.24, 2.45) is 0 Å². The molecule has 124 valence electrons. The zero-order valence-electron chi connectivity index (χ0n) is 13.6. The summed E-state index contributed by atoms with van der Waals surface area (Å²) in [5.74, 6) is 2.87. The average molecular weight is 317 g/mol. The summed E-state index contributed by atoms with van der Waals surface area (Å²) in [7, 11) is 1.60. The number of hydrogen-bond acceptors (Lipinski definition) is 5. The molecule has 0 spiro atoms. The summed E-state index contributed by atoms with van der Waals surface area (Å²) < 4.78 is 22.0. The van der Waals surface area contributed by atoms with Crippen molar-refractivity contribution in [2.75, 3.05) is 32.7 Å². The Morgan fingerprint density at radius 1 is 0.870 bits per heavy atom. The maximum Gasteiger partial charge on any atom is 0.161 e. The van der Waals surface area contributed by atoms with E-state index in [1.807, 2.05) is 37.3 Å². The van der Waals surface area contributed by atoms with E-state index in [2.05, 4.69) is 0 Å². The zero-order chi connectivity index (χ0) is 16.5. The third kappa shape index (κ3) is 4.98. The molecule has 2 aromatic carbocycles. The maximum atomic E-state index is 5.90. The Balaban J connectivity index is 1.76. The third-order valence-electron chi connectivity index (χ3n) is 3.17. The number of anilines is 1. The zero-order valence-corrected chi connectivity index (χ0v) is 13.6. The van der Waals surface area contributed by atoms with Crippen molar-refractivity contribution in [1.82, 2.24) is 0 Å². The van der Waals surface area contributed by atoms with Crippen molar-refractivity contribution in [1.29, 1.82) is 0 Å². The van der Waals surface area contributed by atoms with Crippen molar-refractivity contribution >= 4 is 5.69 Å². The van der Waals surface area contributed by atoms with Gasteiger partial charge in [-0.3, -0.25) is 0 Å². The van der Waals surface area contributed by atoms with E-state index in [1.165, 1.54) is 0 Å². The smallest absolute Gasteiger partial charge is 0.161 e. The second kappa shape index (κ2) is 8.78. The fourth-order valence-electron chi connectivity index (χ4n) is 2.05. The van der Waals surface area contributed by atoms with Crippen LogP contribution in [0.25, 0.3) is 0 Å². The van der Waals surface area contributed by atoms with E-state index in [0.29, 0.717) is 37.0 Å². The predicted molar refractivity (Wildman–Crippen MR) is 90.6 cm³/mol. The summed E-state index contributed by atoms with van der Waals surface area (Å²) in [5, 5.41) is 0. The van der Waals surface area contributed by atoms with Crippen LogP contribution in [0.15, 0.2) is 42.5 Å². The molecule has 5 nitrogen and oxygen atoms in total. The number of rotatable bonds is 9. The minimum absolute atomic E-state index is 0.521. The summed E-state index contributed by atoms with van der Waals surface area (Å²) in [5.41, 5.74) is 6.47. The minimum Gasteiger partial charge on any atom is -0.497 e. The van der Waals surface area contributed by atoms with Crippen molar-refractivity contribution in [3.63, 3.8) is 0 Å². The highest BCUT2D eigenvalue weighted by atomic mass is 16.5. The van der Waals surface area contributed by atoms with Gasteiger partial charge in [0.1, 0.15) is 11.5 Å². The van der Waals surface area contributed by atoms with Gasteiger partial charge >= 0.3 is 0 Å². The first kappa shape index (κ1) is 16.8. The molecule has 0 heterocycles. The van der Waals surface area contributed by atoms with Gasteiger partial charge in [0.2, 0.25) is 0 Å². The van der Waals surface area contributed by atoms with Gasteiger partial charge in [-0.25, -0.2) is 0 Å². The summed E-state index contributed by atoms with van der Waals surface area (Å²) in [6.07, 6.45) is 0.742. The molecule has 0 fully saturated rings. The maximum absolute atomic E-state index is 5.90. The molecule has 0 aliphatic carbocycles. The molecule has 0 radical (unpaired) electrons. The molecule has 2 rings (SSSR count). The second-order valence-electron chi connectivity index (χ2n) is 4.83. The predicted octanol–water partition coefficient (Wildman–Crippen LogP) is 3.52. The van der Waals surface area contributed by atoms with Crippen LogP contribution in [-0.4, -0.2) is 26.9 Å². The molecule has 0 saturated carbocycles. The molecule has 0 atom stereocenters. The van der Waals surface area contributed by atoms with Crippen LogP contribution in [0.5, 0.6) is 23.0 Å². The van der Waals surface area contributed by atoms with E-state index in [-0.39, 0.29) is 0 Å². The van der Waals surface area contributed by atoms with Gasteiger partial charge in [-0.1, -0.05) is 12.1 Å². The standard InChI is InChI=1S/C18H23NO4/c1-3-21-17-7-4-5-8-18(17)23-12-6-11-22-16-10-9-14(20-2)13-15(16)19/h4-5,7-10,13H,3,6,11-12,19H2,1-2H3. The number of para-hydroxylation sites is 2. The summed E-state index contributed by atoms with van der Waals surface area (Å²) in [4.78, 5) is 0. The minimum atomic E-state index is 0.521. The van der Waals surface area contributed by atoms with Gasteiger partial charge in [0.15, 0.2) is 11.5 Å². The third-order valence-corrected chi connectivity index (χ3v) is 3.17. The lowest BCUT2D eigenvalue weighted by Gasteiger charge is -2.12. The Bertz CT molecular complexity index is 616. The molecule has 0 bridgehead atoms. The Kier molecular flexibility index (Phi) is 6.41. The van der Waals surface area contributed by atoms with Crippen molar-refractivity contribution < 1.29 is 18.9 Å². The highest BCUT2D eigenvalue weighted by molar-refractivity contribution is 5.56. The van der Waals surface area contributed by atoms with Gasteiger partial charge in [0.25, 0.3) is 0 Å². The molecule has 0 saturated heterocycles. The molecule has 2 N–H and O–H groups in total. The molecule has 0 amide bonds. The van der Waals surface area contributed by atoms with Crippen molar-refractivity contribution in [2.45, 2.75) is 13.3 Å². The summed E-state index contributed by atoms with van der Waals surface area (Å²) in [6.45, 7) is 3.62. The van der Waals surface area contributed by atoms with E-state index >= 15 is 0 Å². The van der Waals surface area contributed by atoms with Crippen LogP contribution in [0.2, 0.25) is 0 Å². The number of nitrogens with two attached hydrogens (primary N) is 1. The van der Waals surface area contributed by atoms with Gasteiger partial charge in [0, 0.05) is 12.5 Å². The lowest BCUT2D eigenvalue weighted by molar-refractivity contribution is 0.236. The van der Waals surface area contributed by atoms with E-state index in [4.69, 9.17) is 24.7 Å². The van der Waals surface area contributed by atoms with Gasteiger partial charge in [-0.05, 0) is 31.2 Å². The quantitative estimate of drug-likeness (QED) is 0.566. The van der Waals surface area contributed by atoms with Crippen molar-refractivity contribution in [3.05, 3.63) is 42.5 Å². The highest BCUT2D eigenvalue weighted by Gasteiger charge is 2.04. The average Bonchev–Trinajstić information content (AvgIpc) is 2.57. The molecule has 0 aliphatic rings. The van der Waals surface area contributed by atoms with E-state index in [9.17, 15) is 0 Å². The molecule has 23 heavy (non-hydrogen) atoms. The van der Waals surface area contributed by atoms with Crippen molar-refractivity contribution in [3.8, 4) is 23.0 Å². The SMILES string of the molecule is CCOc1ccccc1OCCCOc1ccc(OC)cc1N. The summed E-state index contributed by atoms with van der Waals surface area (Å²) in [6, 6.07) is 13.0. The normalized spacial score (nSPS) is 10.2. The van der Waals surface area contributed by atoms with Crippen LogP contribution >= 0.6 is 0 Å². The van der Waals surface area contributed by atoms with Crippen LogP contribution in [-0.2, 0) is 0 Å². The number of nitrogen functional groups attached to an aromatic ring is 1. The number of ether oxygens (including phenoxy) is 4. The summed E-state index contributed by atoms with van der Waals surface area (Å²) >= 11 is 0. The monoisotopic (exact) mass is 317 g/mol. The number of methoxy groups -OCH3 is 1. The molecule has 0 aromatic heterocycles. The molecule has 0 aliphatic heterocycles. The van der Waals surface area contributed by atoms with E-state index in [1.54, 1.807) is 19.2 Å². The Labute approximate surface area is 136 Å². The lowest BCUT2D eigenvalue weighted by Crippen LogP contribution is -2.07. The molecule has 5 heteroatoms. The first-order valence-corrected chi connectivity index (χ1v) is 7.65. The van der Waals surface area contributed by atoms with Crippen LogP contribution in [0, 0.1) is 0 Å². The van der Waals surface area contributed by atoms with Crippen LogP contribution in [0.4, 0.5) is 5.69 Å². The number of hydrogen-bond donors (Lipinski definition) is 1. The lowest BCUT2D eigenvalue weighted by atomic mass is 10.3. The number of benzene rings is 2. The Morgan fingerprint density at radius 3 is 2.13 bits per heavy atom.